The SMILES string of the molecule is Cc1cc(C(=O)NCCI)nn1C. The van der Waals surface area contributed by atoms with Crippen LogP contribution in [0.1, 0.15) is 16.2 Å². The second-order valence-electron chi connectivity index (χ2n) is 2.74. The maximum atomic E-state index is 11.4. The zero-order valence-electron chi connectivity index (χ0n) is 7.67. The van der Waals surface area contributed by atoms with E-state index in [1.807, 2.05) is 14.0 Å². The Morgan fingerprint density at radius 2 is 2.46 bits per heavy atom. The number of nitrogens with zero attached hydrogens (tertiary/aromatic N) is 2. The average Bonchev–Trinajstić information content (AvgIpc) is 2.43. The van der Waals surface area contributed by atoms with E-state index in [1.165, 1.54) is 0 Å². The Morgan fingerprint density at radius 3 is 2.92 bits per heavy atom. The van der Waals surface area contributed by atoms with Gasteiger partial charge in [0.15, 0.2) is 0 Å². The highest BCUT2D eigenvalue weighted by Gasteiger charge is 2.09. The fourth-order valence-corrected chi connectivity index (χ4v) is 1.19. The summed E-state index contributed by atoms with van der Waals surface area (Å²) in [6, 6.07) is 1.78. The molecule has 0 saturated carbocycles. The minimum Gasteiger partial charge on any atom is -0.350 e. The van der Waals surface area contributed by atoms with Gasteiger partial charge in [0.25, 0.3) is 5.91 Å². The second kappa shape index (κ2) is 4.59. The molecule has 1 amide bonds. The van der Waals surface area contributed by atoms with Crippen LogP contribution in [0.25, 0.3) is 0 Å². The zero-order chi connectivity index (χ0) is 9.84. The maximum absolute atomic E-state index is 11.4. The van der Waals surface area contributed by atoms with E-state index in [9.17, 15) is 4.79 Å². The Labute approximate surface area is 90.8 Å². The van der Waals surface area contributed by atoms with E-state index in [4.69, 9.17) is 0 Å². The molecular formula is C8H12IN3O. The van der Waals surface area contributed by atoms with Crippen molar-refractivity contribution in [3.05, 3.63) is 17.5 Å². The monoisotopic (exact) mass is 293 g/mol. The van der Waals surface area contributed by atoms with E-state index in [2.05, 4.69) is 33.0 Å². The highest BCUT2D eigenvalue weighted by atomic mass is 127. The van der Waals surface area contributed by atoms with Gasteiger partial charge < -0.3 is 5.32 Å². The Hall–Kier alpha value is -0.590. The number of nitrogens with one attached hydrogen (secondary N) is 1. The third-order valence-corrected chi connectivity index (χ3v) is 2.27. The molecular weight excluding hydrogens is 281 g/mol. The molecule has 5 heteroatoms. The minimum atomic E-state index is -0.0969. The van der Waals surface area contributed by atoms with Gasteiger partial charge in [-0.2, -0.15) is 5.10 Å². The van der Waals surface area contributed by atoms with Gasteiger partial charge in [0.1, 0.15) is 5.69 Å². The first kappa shape index (κ1) is 10.5. The molecule has 0 aliphatic carbocycles. The highest BCUT2D eigenvalue weighted by Crippen LogP contribution is 2.00. The van der Waals surface area contributed by atoms with Crippen LogP contribution in [-0.4, -0.2) is 26.7 Å². The summed E-state index contributed by atoms with van der Waals surface area (Å²) in [5, 5.41) is 6.83. The van der Waals surface area contributed by atoms with Crippen LogP contribution in [-0.2, 0) is 7.05 Å². The first-order valence-corrected chi connectivity index (χ1v) is 5.52. The van der Waals surface area contributed by atoms with Crippen molar-refractivity contribution in [1.29, 1.82) is 0 Å². The number of rotatable bonds is 3. The smallest absolute Gasteiger partial charge is 0.271 e. The molecule has 0 fully saturated rings. The van der Waals surface area contributed by atoms with Crippen molar-refractivity contribution in [3.63, 3.8) is 0 Å². The lowest BCUT2D eigenvalue weighted by atomic mass is 10.3. The number of halogens is 1. The lowest BCUT2D eigenvalue weighted by molar-refractivity contribution is 0.0950. The summed E-state index contributed by atoms with van der Waals surface area (Å²) in [5.74, 6) is -0.0969. The van der Waals surface area contributed by atoms with Gasteiger partial charge in [-0.1, -0.05) is 22.6 Å². The van der Waals surface area contributed by atoms with Crippen LogP contribution in [0.5, 0.6) is 0 Å². The molecule has 72 valence electrons. The Bertz CT molecular complexity index is 289. The maximum Gasteiger partial charge on any atom is 0.271 e. The molecule has 1 aromatic heterocycles. The van der Waals surface area contributed by atoms with Gasteiger partial charge >= 0.3 is 0 Å². The molecule has 0 bridgehead atoms. The molecule has 0 aliphatic rings. The first-order chi connectivity index (χ1) is 6.15. The second-order valence-corrected chi connectivity index (χ2v) is 3.82. The molecule has 0 aliphatic heterocycles. The lowest BCUT2D eigenvalue weighted by Crippen LogP contribution is -2.25. The van der Waals surface area contributed by atoms with E-state index in [1.54, 1.807) is 10.7 Å². The summed E-state index contributed by atoms with van der Waals surface area (Å²) in [6.07, 6.45) is 0. The van der Waals surface area contributed by atoms with Crippen LogP contribution >= 0.6 is 22.6 Å². The highest BCUT2D eigenvalue weighted by molar-refractivity contribution is 14.1. The molecule has 0 saturated heterocycles. The summed E-state index contributed by atoms with van der Waals surface area (Å²) in [4.78, 5) is 11.4. The summed E-state index contributed by atoms with van der Waals surface area (Å²) < 4.78 is 2.61. The standard InChI is InChI=1S/C8H12IN3O/c1-6-5-7(11-12(6)2)8(13)10-4-3-9/h5H,3-4H2,1-2H3,(H,10,13). The van der Waals surface area contributed by atoms with Gasteiger partial charge in [0.05, 0.1) is 0 Å². The number of hydrogen-bond acceptors (Lipinski definition) is 2. The number of amides is 1. The van der Waals surface area contributed by atoms with E-state index in [0.717, 1.165) is 10.1 Å². The molecule has 0 atom stereocenters. The third-order valence-electron chi connectivity index (χ3n) is 1.73. The van der Waals surface area contributed by atoms with E-state index >= 15 is 0 Å². The Balaban J connectivity index is 2.66. The van der Waals surface area contributed by atoms with Crippen molar-refractivity contribution in [1.82, 2.24) is 15.1 Å². The van der Waals surface area contributed by atoms with E-state index in [0.29, 0.717) is 12.2 Å². The number of hydrogen-bond donors (Lipinski definition) is 1. The van der Waals surface area contributed by atoms with Crippen LogP contribution in [0.15, 0.2) is 6.07 Å². The summed E-state index contributed by atoms with van der Waals surface area (Å²) in [5.41, 5.74) is 1.48. The zero-order valence-corrected chi connectivity index (χ0v) is 9.83. The molecule has 0 spiro atoms. The van der Waals surface area contributed by atoms with Gasteiger partial charge in [-0.3, -0.25) is 9.48 Å². The fourth-order valence-electron chi connectivity index (χ4n) is 0.923. The minimum absolute atomic E-state index is 0.0969. The third kappa shape index (κ3) is 2.68. The van der Waals surface area contributed by atoms with Crippen LogP contribution in [0, 0.1) is 6.92 Å². The Morgan fingerprint density at radius 1 is 1.77 bits per heavy atom. The molecule has 1 N–H and O–H groups in total. The predicted octanol–water partition coefficient (Wildman–Crippen LogP) is 0.893. The number of aromatic nitrogens is 2. The topological polar surface area (TPSA) is 46.9 Å². The van der Waals surface area contributed by atoms with Crippen LogP contribution in [0.2, 0.25) is 0 Å². The molecule has 0 aromatic carbocycles. The molecule has 1 aromatic rings. The predicted molar refractivity (Wildman–Crippen MR) is 59.2 cm³/mol. The van der Waals surface area contributed by atoms with Gasteiger partial charge in [-0.25, -0.2) is 0 Å². The number of carbonyl (C=O) groups is 1. The lowest BCUT2D eigenvalue weighted by Gasteiger charge is -1.97. The summed E-state index contributed by atoms with van der Waals surface area (Å²) in [6.45, 7) is 2.61. The van der Waals surface area contributed by atoms with Crippen LogP contribution in [0.3, 0.4) is 0 Å². The molecule has 0 radical (unpaired) electrons. The summed E-state index contributed by atoms with van der Waals surface area (Å²) >= 11 is 2.21. The van der Waals surface area contributed by atoms with Crippen LogP contribution in [0.4, 0.5) is 0 Å². The van der Waals surface area contributed by atoms with Gasteiger partial charge in [-0.15, -0.1) is 0 Å². The molecule has 4 nitrogen and oxygen atoms in total. The molecule has 0 unspecified atom stereocenters. The average molecular weight is 293 g/mol. The summed E-state index contributed by atoms with van der Waals surface area (Å²) in [7, 11) is 1.82. The van der Waals surface area contributed by atoms with Crippen molar-refractivity contribution in [2.24, 2.45) is 7.05 Å². The van der Waals surface area contributed by atoms with Crippen molar-refractivity contribution in [2.45, 2.75) is 6.92 Å². The largest absolute Gasteiger partial charge is 0.350 e. The first-order valence-electron chi connectivity index (χ1n) is 4.00. The molecule has 1 heterocycles. The number of alkyl halides is 1. The van der Waals surface area contributed by atoms with Gasteiger partial charge in [0.2, 0.25) is 0 Å². The number of aryl methyl sites for hydroxylation is 2. The molecule has 1 rings (SSSR count). The molecule has 13 heavy (non-hydrogen) atoms. The normalized spacial score (nSPS) is 10.1. The van der Waals surface area contributed by atoms with Crippen LogP contribution < -0.4 is 5.32 Å². The fraction of sp³-hybridized carbons (Fsp3) is 0.500. The Kier molecular flexibility index (Phi) is 3.71. The van der Waals surface area contributed by atoms with Crippen molar-refractivity contribution < 1.29 is 4.79 Å². The van der Waals surface area contributed by atoms with Gasteiger partial charge in [0, 0.05) is 23.7 Å². The van der Waals surface area contributed by atoms with E-state index < -0.39 is 0 Å². The van der Waals surface area contributed by atoms with E-state index in [-0.39, 0.29) is 5.91 Å². The van der Waals surface area contributed by atoms with Crippen molar-refractivity contribution in [2.75, 3.05) is 11.0 Å². The number of carbonyl (C=O) groups excluding carboxylic acids is 1. The van der Waals surface area contributed by atoms with Crippen molar-refractivity contribution in [3.8, 4) is 0 Å². The van der Waals surface area contributed by atoms with Crippen molar-refractivity contribution >= 4 is 28.5 Å². The van der Waals surface area contributed by atoms with Gasteiger partial charge in [-0.05, 0) is 13.0 Å². The quantitative estimate of drug-likeness (QED) is 0.664.